The normalized spacial score (nSPS) is 19.6. The third kappa shape index (κ3) is 6.56. The predicted octanol–water partition coefficient (Wildman–Crippen LogP) is 4.03. The molecule has 7 heteroatoms. The predicted molar refractivity (Wildman–Crippen MR) is 123 cm³/mol. The first-order valence-electron chi connectivity index (χ1n) is 9.40. The number of nitrogens with one attached hydrogen (secondary N) is 1. The summed E-state index contributed by atoms with van der Waals surface area (Å²) in [6, 6.07) is 6.86. The lowest BCUT2D eigenvalue weighted by molar-refractivity contribution is 0.122. The molecule has 5 nitrogen and oxygen atoms in total. The fraction of sp³-hybridized carbons (Fsp3) is 0.632. The molecule has 2 fully saturated rings. The quantitative estimate of drug-likeness (QED) is 0.264. The number of halogens is 2. The number of morpholine rings is 1. The standard InChI is InChI=1S/C19H29BrN4O.HI/c20-16-8-7-15(18(13-16)24-9-11-25-12-10-24)14-22-19(21)23-17-5-3-1-2-4-6-17;/h7-8,13,17H,1-6,9-12,14H2,(H3,21,22,23);1H. The molecule has 0 aromatic heterocycles. The van der Waals surface area contributed by atoms with Crippen LogP contribution >= 0.6 is 39.9 Å². The van der Waals surface area contributed by atoms with Crippen molar-refractivity contribution in [1.29, 1.82) is 0 Å². The van der Waals surface area contributed by atoms with Gasteiger partial charge in [-0.15, -0.1) is 24.0 Å². The fourth-order valence-corrected chi connectivity index (χ4v) is 3.97. The van der Waals surface area contributed by atoms with Crippen LogP contribution in [0.15, 0.2) is 27.7 Å². The first kappa shape index (κ1) is 21.8. The Bertz CT molecular complexity index is 585. The summed E-state index contributed by atoms with van der Waals surface area (Å²) in [5, 5.41) is 3.42. The van der Waals surface area contributed by atoms with Crippen molar-refractivity contribution >= 4 is 51.6 Å². The fourth-order valence-electron chi connectivity index (χ4n) is 3.62. The van der Waals surface area contributed by atoms with Gasteiger partial charge in [0.25, 0.3) is 0 Å². The highest BCUT2D eigenvalue weighted by Crippen LogP contribution is 2.26. The van der Waals surface area contributed by atoms with E-state index in [9.17, 15) is 0 Å². The Morgan fingerprint density at radius 1 is 1.19 bits per heavy atom. The molecule has 1 heterocycles. The molecular weight excluding hydrogens is 507 g/mol. The van der Waals surface area contributed by atoms with Gasteiger partial charge in [0.15, 0.2) is 5.96 Å². The van der Waals surface area contributed by atoms with Gasteiger partial charge in [0.05, 0.1) is 19.8 Å². The number of aliphatic imine (C=N–C) groups is 1. The van der Waals surface area contributed by atoms with Gasteiger partial charge in [-0.1, -0.05) is 47.7 Å². The van der Waals surface area contributed by atoms with Gasteiger partial charge in [0, 0.05) is 29.3 Å². The number of rotatable bonds is 4. The molecule has 0 bridgehead atoms. The van der Waals surface area contributed by atoms with E-state index in [4.69, 9.17) is 10.5 Å². The molecule has 0 amide bonds. The summed E-state index contributed by atoms with van der Waals surface area (Å²) in [6.07, 6.45) is 7.67. The van der Waals surface area contributed by atoms with Crippen LogP contribution in [0.4, 0.5) is 5.69 Å². The lowest BCUT2D eigenvalue weighted by atomic mass is 10.1. The van der Waals surface area contributed by atoms with E-state index in [0.717, 1.165) is 30.8 Å². The van der Waals surface area contributed by atoms with Crippen LogP contribution < -0.4 is 16.0 Å². The molecule has 3 N–H and O–H groups in total. The van der Waals surface area contributed by atoms with Crippen LogP contribution in [0.1, 0.15) is 44.1 Å². The van der Waals surface area contributed by atoms with Crippen molar-refractivity contribution in [2.24, 2.45) is 10.7 Å². The molecule has 1 aliphatic carbocycles. The molecule has 146 valence electrons. The van der Waals surface area contributed by atoms with Gasteiger partial charge in [-0.05, 0) is 30.5 Å². The third-order valence-corrected chi connectivity index (χ3v) is 5.52. The Kier molecular flexibility index (Phi) is 9.49. The largest absolute Gasteiger partial charge is 0.378 e. The van der Waals surface area contributed by atoms with E-state index in [1.165, 1.54) is 49.8 Å². The van der Waals surface area contributed by atoms with Crippen molar-refractivity contribution in [3.05, 3.63) is 28.2 Å². The number of nitrogens with zero attached hydrogens (tertiary/aromatic N) is 2. The Balaban J connectivity index is 0.00000243. The molecule has 26 heavy (non-hydrogen) atoms. The van der Waals surface area contributed by atoms with Crippen molar-refractivity contribution < 1.29 is 4.74 Å². The van der Waals surface area contributed by atoms with Crippen LogP contribution in [0, 0.1) is 0 Å². The van der Waals surface area contributed by atoms with Crippen molar-refractivity contribution in [1.82, 2.24) is 5.32 Å². The van der Waals surface area contributed by atoms with Gasteiger partial charge in [-0.25, -0.2) is 4.99 Å². The molecule has 0 unspecified atom stereocenters. The average molecular weight is 537 g/mol. The lowest BCUT2D eigenvalue weighted by Crippen LogP contribution is -2.40. The zero-order chi connectivity index (χ0) is 17.5. The van der Waals surface area contributed by atoms with E-state index >= 15 is 0 Å². The summed E-state index contributed by atoms with van der Waals surface area (Å²) in [6.45, 7) is 4.00. The molecule has 0 atom stereocenters. The molecule has 0 radical (unpaired) electrons. The molecule has 2 aliphatic rings. The Labute approximate surface area is 182 Å². The van der Waals surface area contributed by atoms with Crippen LogP contribution in [-0.2, 0) is 11.3 Å². The maximum Gasteiger partial charge on any atom is 0.189 e. The minimum Gasteiger partial charge on any atom is -0.378 e. The Morgan fingerprint density at radius 2 is 1.88 bits per heavy atom. The van der Waals surface area contributed by atoms with Crippen molar-refractivity contribution in [2.45, 2.75) is 51.1 Å². The number of benzene rings is 1. The molecule has 1 aliphatic heterocycles. The molecule has 1 saturated heterocycles. The van der Waals surface area contributed by atoms with Crippen molar-refractivity contribution in [3.63, 3.8) is 0 Å². The van der Waals surface area contributed by atoms with Gasteiger partial charge in [0.1, 0.15) is 0 Å². The van der Waals surface area contributed by atoms with E-state index in [0.29, 0.717) is 18.5 Å². The van der Waals surface area contributed by atoms with Crippen molar-refractivity contribution in [3.8, 4) is 0 Å². The second-order valence-electron chi connectivity index (χ2n) is 6.91. The number of nitrogens with two attached hydrogens (primary N) is 1. The summed E-state index contributed by atoms with van der Waals surface area (Å²) in [4.78, 5) is 6.98. The van der Waals surface area contributed by atoms with Crippen LogP contribution in [0.2, 0.25) is 0 Å². The first-order valence-corrected chi connectivity index (χ1v) is 10.2. The smallest absolute Gasteiger partial charge is 0.189 e. The third-order valence-electron chi connectivity index (χ3n) is 5.03. The van der Waals surface area contributed by atoms with Crippen LogP contribution in [0.5, 0.6) is 0 Å². The number of hydrogen-bond donors (Lipinski definition) is 2. The van der Waals surface area contributed by atoms with Crippen LogP contribution in [0.25, 0.3) is 0 Å². The first-order chi connectivity index (χ1) is 12.2. The number of guanidine groups is 1. The monoisotopic (exact) mass is 536 g/mol. The number of anilines is 1. The molecule has 1 aromatic carbocycles. The topological polar surface area (TPSA) is 62.9 Å². The van der Waals surface area contributed by atoms with E-state index in [1.54, 1.807) is 0 Å². The van der Waals surface area contributed by atoms with Crippen molar-refractivity contribution in [2.75, 3.05) is 31.2 Å². The van der Waals surface area contributed by atoms with Crippen LogP contribution in [-0.4, -0.2) is 38.3 Å². The van der Waals surface area contributed by atoms with Crippen LogP contribution in [0.3, 0.4) is 0 Å². The van der Waals surface area contributed by atoms with Gasteiger partial charge in [-0.2, -0.15) is 0 Å². The molecule has 1 aromatic rings. The van der Waals surface area contributed by atoms with Gasteiger partial charge in [-0.3, -0.25) is 0 Å². The minimum atomic E-state index is 0. The second-order valence-corrected chi connectivity index (χ2v) is 7.82. The van der Waals surface area contributed by atoms with E-state index in [1.807, 2.05) is 0 Å². The highest BCUT2D eigenvalue weighted by Gasteiger charge is 2.16. The Hall–Kier alpha value is -0.540. The molecule has 1 saturated carbocycles. The highest BCUT2D eigenvalue weighted by molar-refractivity contribution is 14.0. The second kappa shape index (κ2) is 11.3. The van der Waals surface area contributed by atoms with Gasteiger partial charge >= 0.3 is 0 Å². The average Bonchev–Trinajstić information content (AvgIpc) is 2.90. The van der Waals surface area contributed by atoms with Gasteiger partial charge in [0.2, 0.25) is 0 Å². The summed E-state index contributed by atoms with van der Waals surface area (Å²) in [7, 11) is 0. The number of hydrogen-bond acceptors (Lipinski definition) is 3. The highest BCUT2D eigenvalue weighted by atomic mass is 127. The van der Waals surface area contributed by atoms with Gasteiger partial charge < -0.3 is 20.7 Å². The lowest BCUT2D eigenvalue weighted by Gasteiger charge is -2.30. The minimum absolute atomic E-state index is 0. The SMILES string of the molecule is I.NC(=NCc1ccc(Br)cc1N1CCOCC1)NC1CCCCCC1. The Morgan fingerprint density at radius 3 is 2.58 bits per heavy atom. The molecule has 3 rings (SSSR count). The number of ether oxygens (including phenoxy) is 1. The summed E-state index contributed by atoms with van der Waals surface area (Å²) in [5.74, 6) is 0.572. The maximum absolute atomic E-state index is 6.16. The summed E-state index contributed by atoms with van der Waals surface area (Å²) >= 11 is 3.59. The maximum atomic E-state index is 6.16. The zero-order valence-electron chi connectivity index (χ0n) is 15.3. The zero-order valence-corrected chi connectivity index (χ0v) is 19.2. The summed E-state index contributed by atoms with van der Waals surface area (Å²) in [5.41, 5.74) is 8.59. The van der Waals surface area contributed by atoms with E-state index in [-0.39, 0.29) is 24.0 Å². The van der Waals surface area contributed by atoms with E-state index in [2.05, 4.69) is 49.3 Å². The molecule has 0 spiro atoms. The summed E-state index contributed by atoms with van der Waals surface area (Å²) < 4.78 is 6.56. The molecular formula is C19H30BrIN4O. The van der Waals surface area contributed by atoms with E-state index < -0.39 is 0 Å².